The zero-order valence-corrected chi connectivity index (χ0v) is 13.5. The van der Waals surface area contributed by atoms with Gasteiger partial charge in [0.2, 0.25) is 0 Å². The van der Waals surface area contributed by atoms with Gasteiger partial charge in [-0.05, 0) is 26.0 Å². The van der Waals surface area contributed by atoms with Crippen LogP contribution in [0, 0.1) is 0 Å². The number of hydrogen-bond acceptors (Lipinski definition) is 6. The lowest BCUT2D eigenvalue weighted by atomic mass is 9.97. The Bertz CT molecular complexity index is 660. The van der Waals surface area contributed by atoms with Crippen LogP contribution in [0.15, 0.2) is 30.3 Å². The van der Waals surface area contributed by atoms with Crippen LogP contribution >= 0.6 is 0 Å². The number of benzene rings is 1. The van der Waals surface area contributed by atoms with E-state index < -0.39 is 27.7 Å². The van der Waals surface area contributed by atoms with Gasteiger partial charge < -0.3 is 4.74 Å². The average Bonchev–Trinajstić information content (AvgIpc) is 2.45. The summed E-state index contributed by atoms with van der Waals surface area (Å²) in [4.78, 5) is 21.7. The molecule has 1 aromatic rings. The van der Waals surface area contributed by atoms with Crippen LogP contribution in [0.2, 0.25) is 0 Å². The molecular formula is C13H18N2O6S. The summed E-state index contributed by atoms with van der Waals surface area (Å²) in [5.74, 6) is -1.36. The van der Waals surface area contributed by atoms with Gasteiger partial charge in [0.15, 0.2) is 5.60 Å². The maximum atomic E-state index is 12.1. The van der Waals surface area contributed by atoms with Crippen molar-refractivity contribution in [2.24, 2.45) is 0 Å². The van der Waals surface area contributed by atoms with Gasteiger partial charge in [0.05, 0.1) is 5.69 Å². The molecule has 0 radical (unpaired) electrons. The molecule has 0 aliphatic carbocycles. The Kier molecular flexibility index (Phi) is 4.07. The van der Waals surface area contributed by atoms with Gasteiger partial charge in [-0.3, -0.25) is 4.72 Å². The molecule has 122 valence electrons. The van der Waals surface area contributed by atoms with E-state index in [1.54, 1.807) is 44.2 Å². The van der Waals surface area contributed by atoms with Gasteiger partial charge >= 0.3 is 16.3 Å². The second-order valence-electron chi connectivity index (χ2n) is 5.43. The number of ether oxygens (including phenoxy) is 1. The van der Waals surface area contributed by atoms with Crippen molar-refractivity contribution in [1.29, 1.82) is 0 Å². The van der Waals surface area contributed by atoms with E-state index in [0.717, 1.165) is 7.05 Å². The summed E-state index contributed by atoms with van der Waals surface area (Å²) >= 11 is 0. The van der Waals surface area contributed by atoms with Gasteiger partial charge in [0.25, 0.3) is 5.79 Å². The van der Waals surface area contributed by atoms with Gasteiger partial charge in [-0.1, -0.05) is 18.2 Å². The highest BCUT2D eigenvalue weighted by molar-refractivity contribution is 7.90. The molecule has 1 heterocycles. The second-order valence-corrected chi connectivity index (χ2v) is 7.13. The molecule has 1 aliphatic heterocycles. The summed E-state index contributed by atoms with van der Waals surface area (Å²) in [6, 6.07) is 8.19. The van der Waals surface area contributed by atoms with Crippen LogP contribution in [0.1, 0.15) is 20.8 Å². The Morgan fingerprint density at radius 1 is 1.18 bits per heavy atom. The molecule has 0 saturated carbocycles. The van der Waals surface area contributed by atoms with Crippen molar-refractivity contribution in [3.8, 4) is 0 Å². The molecule has 22 heavy (non-hydrogen) atoms. The van der Waals surface area contributed by atoms with Crippen molar-refractivity contribution >= 4 is 22.0 Å². The fourth-order valence-electron chi connectivity index (χ4n) is 1.52. The number of amides is 1. The third-order valence-corrected chi connectivity index (χ3v) is 4.79. The first kappa shape index (κ1) is 16.5. The van der Waals surface area contributed by atoms with E-state index in [-0.39, 0.29) is 0 Å². The Hall–Kier alpha value is -1.84. The fourth-order valence-corrected chi connectivity index (χ4v) is 2.32. The summed E-state index contributed by atoms with van der Waals surface area (Å²) in [5, 5.41) is 0. The van der Waals surface area contributed by atoms with Crippen LogP contribution in [0.25, 0.3) is 0 Å². The molecule has 0 bridgehead atoms. The van der Waals surface area contributed by atoms with Crippen LogP contribution in [-0.2, 0) is 24.7 Å². The maximum absolute atomic E-state index is 12.1. The first-order valence-electron chi connectivity index (χ1n) is 6.49. The van der Waals surface area contributed by atoms with Crippen molar-refractivity contribution in [3.05, 3.63) is 30.3 Å². The van der Waals surface area contributed by atoms with E-state index in [1.807, 2.05) is 0 Å². The summed E-state index contributed by atoms with van der Waals surface area (Å²) in [7, 11) is -3.01. The van der Waals surface area contributed by atoms with Gasteiger partial charge in [0.1, 0.15) is 0 Å². The molecule has 1 unspecified atom stereocenters. The van der Waals surface area contributed by atoms with Crippen molar-refractivity contribution < 1.29 is 27.7 Å². The Labute approximate surface area is 129 Å². The third-order valence-electron chi connectivity index (χ3n) is 3.42. The van der Waals surface area contributed by atoms with Gasteiger partial charge in [-0.2, -0.15) is 17.6 Å². The molecule has 0 spiro atoms. The quantitative estimate of drug-likeness (QED) is 0.847. The first-order valence-corrected chi connectivity index (χ1v) is 7.93. The van der Waals surface area contributed by atoms with Crippen molar-refractivity contribution in [1.82, 2.24) is 4.31 Å². The van der Waals surface area contributed by atoms with Crippen molar-refractivity contribution in [2.45, 2.75) is 32.2 Å². The van der Waals surface area contributed by atoms with E-state index in [1.165, 1.54) is 6.92 Å². The summed E-state index contributed by atoms with van der Waals surface area (Å²) < 4.78 is 32.1. The minimum Gasteiger partial charge on any atom is -0.410 e. The monoisotopic (exact) mass is 330 g/mol. The molecule has 1 fully saturated rings. The summed E-state index contributed by atoms with van der Waals surface area (Å²) in [6.45, 7) is 4.79. The number of para-hydroxylation sites is 1. The zero-order chi connectivity index (χ0) is 16.6. The molecular weight excluding hydrogens is 312 g/mol. The maximum Gasteiger partial charge on any atom is 0.427 e. The van der Waals surface area contributed by atoms with Crippen LogP contribution in [0.4, 0.5) is 10.5 Å². The molecule has 8 nitrogen and oxygen atoms in total. The number of rotatable bonds is 4. The Morgan fingerprint density at radius 3 is 2.23 bits per heavy atom. The van der Waals surface area contributed by atoms with E-state index in [0.29, 0.717) is 9.99 Å². The molecule has 1 saturated heterocycles. The number of nitrogens with one attached hydrogen (secondary N) is 1. The highest BCUT2D eigenvalue weighted by Gasteiger charge is 2.59. The first-order chi connectivity index (χ1) is 10.1. The molecule has 1 aromatic carbocycles. The van der Waals surface area contributed by atoms with Crippen LogP contribution in [0.3, 0.4) is 0 Å². The minimum atomic E-state index is -4.09. The van der Waals surface area contributed by atoms with E-state index in [9.17, 15) is 13.2 Å². The van der Waals surface area contributed by atoms with E-state index in [4.69, 9.17) is 14.5 Å². The van der Waals surface area contributed by atoms with Gasteiger partial charge in [0, 0.05) is 14.0 Å². The number of nitrogens with zero attached hydrogens (tertiary/aromatic N) is 1. The van der Waals surface area contributed by atoms with Crippen LogP contribution < -0.4 is 4.72 Å². The summed E-state index contributed by atoms with van der Waals surface area (Å²) in [6.07, 6.45) is -1.08. The highest BCUT2D eigenvalue weighted by atomic mass is 32.2. The molecule has 1 amide bonds. The lowest BCUT2D eigenvalue weighted by Crippen LogP contribution is -2.64. The minimum absolute atomic E-state index is 0.330. The van der Waals surface area contributed by atoms with Crippen molar-refractivity contribution in [2.75, 3.05) is 11.8 Å². The molecule has 9 heteroatoms. The molecule has 1 atom stereocenters. The van der Waals surface area contributed by atoms with Crippen LogP contribution in [0.5, 0.6) is 0 Å². The zero-order valence-electron chi connectivity index (χ0n) is 12.7. The number of carbonyl (C=O) groups excluding carboxylic acids is 1. The van der Waals surface area contributed by atoms with Gasteiger partial charge in [-0.15, -0.1) is 0 Å². The molecule has 0 aromatic heterocycles. The van der Waals surface area contributed by atoms with E-state index >= 15 is 0 Å². The third kappa shape index (κ3) is 3.01. The predicted octanol–water partition coefficient (Wildman–Crippen LogP) is 1.87. The number of carbonyl (C=O) groups is 1. The Morgan fingerprint density at radius 2 is 1.77 bits per heavy atom. The number of anilines is 1. The molecule has 1 N–H and O–H groups in total. The fraction of sp³-hybridized carbons (Fsp3) is 0.462. The van der Waals surface area contributed by atoms with E-state index in [2.05, 4.69) is 4.72 Å². The topological polar surface area (TPSA) is 94.2 Å². The predicted molar refractivity (Wildman–Crippen MR) is 77.9 cm³/mol. The lowest BCUT2D eigenvalue weighted by molar-refractivity contribution is -0.589. The smallest absolute Gasteiger partial charge is 0.410 e. The van der Waals surface area contributed by atoms with Gasteiger partial charge in [-0.25, -0.2) is 9.68 Å². The highest BCUT2D eigenvalue weighted by Crippen LogP contribution is 2.41. The SMILES string of the molecule is CN(C(=O)OC1(C)OOC1(C)C)S(=O)(=O)Nc1ccccc1. The average molecular weight is 330 g/mol. The molecule has 2 rings (SSSR count). The molecule has 1 aliphatic rings. The van der Waals surface area contributed by atoms with Crippen LogP contribution in [-0.4, -0.2) is 37.3 Å². The Balaban J connectivity index is 2.07. The number of hydrogen-bond donors (Lipinski definition) is 1. The normalized spacial score (nSPS) is 23.3. The lowest BCUT2D eigenvalue weighted by Gasteiger charge is -2.49. The summed E-state index contributed by atoms with van der Waals surface area (Å²) in [5.41, 5.74) is -0.544. The largest absolute Gasteiger partial charge is 0.427 e. The van der Waals surface area contributed by atoms with Crippen molar-refractivity contribution in [3.63, 3.8) is 0 Å². The standard InChI is InChI=1S/C13H18N2O6S/c1-12(2)13(3,21-20-12)19-11(16)15(4)22(17,18)14-10-8-6-5-7-9-10/h5-9,14H,1-4H3. The second kappa shape index (κ2) is 5.41.